The van der Waals surface area contributed by atoms with E-state index in [9.17, 15) is 28.7 Å². The largest absolute Gasteiger partial charge is 0.477 e. The van der Waals surface area contributed by atoms with Crippen molar-refractivity contribution in [3.05, 3.63) is 57.8 Å². The molecule has 7 nitrogen and oxygen atoms in total. The number of pyridine rings is 1. The summed E-state index contributed by atoms with van der Waals surface area (Å²) in [6, 6.07) is 4.79. The minimum atomic E-state index is -1.48. The van der Waals surface area contributed by atoms with E-state index >= 15 is 0 Å². The maximum absolute atomic E-state index is 13.9. The molecule has 0 amide bonds. The number of ether oxygens (including phenoxy) is 1. The van der Waals surface area contributed by atoms with Gasteiger partial charge in [-0.3, -0.25) is 14.4 Å². The third-order valence-corrected chi connectivity index (χ3v) is 3.50. The second-order valence-corrected chi connectivity index (χ2v) is 6.82. The molecule has 0 saturated carbocycles. The number of esters is 1. The van der Waals surface area contributed by atoms with Gasteiger partial charge in [0.05, 0.1) is 5.56 Å². The standard InChI is InChI=1S/C19H18FNO6/c1-19(2,3)27-16(23)9-21-8-13(6-14(17(21)24)18(25)26)11-4-5-12(10-22)15(20)7-11/h4-8,10H,9H2,1-3H3,(H,25,26). The molecule has 0 atom stereocenters. The number of aldehydes is 1. The zero-order valence-corrected chi connectivity index (χ0v) is 15.0. The second kappa shape index (κ2) is 7.53. The second-order valence-electron chi connectivity index (χ2n) is 6.82. The van der Waals surface area contributed by atoms with Crippen LogP contribution >= 0.6 is 0 Å². The highest BCUT2D eigenvalue weighted by atomic mass is 19.1. The Hall–Kier alpha value is -3.29. The fraction of sp³-hybridized carbons (Fsp3) is 0.263. The number of halogens is 1. The van der Waals surface area contributed by atoms with Gasteiger partial charge in [-0.25, -0.2) is 9.18 Å². The van der Waals surface area contributed by atoms with Gasteiger partial charge in [0.15, 0.2) is 6.29 Å². The molecule has 142 valence electrons. The molecule has 8 heteroatoms. The molecule has 2 rings (SSSR count). The summed E-state index contributed by atoms with van der Waals surface area (Å²) in [5.74, 6) is -2.99. The molecule has 0 radical (unpaired) electrons. The summed E-state index contributed by atoms with van der Waals surface area (Å²) >= 11 is 0. The Morgan fingerprint density at radius 2 is 1.89 bits per heavy atom. The quantitative estimate of drug-likeness (QED) is 0.636. The van der Waals surface area contributed by atoms with E-state index < -0.39 is 41.0 Å². The molecule has 1 N–H and O–H groups in total. The van der Waals surface area contributed by atoms with E-state index in [1.54, 1.807) is 20.8 Å². The SMILES string of the molecule is CC(C)(C)OC(=O)Cn1cc(-c2ccc(C=O)c(F)c2)cc(C(=O)O)c1=O. The smallest absolute Gasteiger partial charge is 0.341 e. The number of carbonyl (C=O) groups is 3. The summed E-state index contributed by atoms with van der Waals surface area (Å²) in [6.45, 7) is 4.47. The van der Waals surface area contributed by atoms with Crippen LogP contribution in [0.5, 0.6) is 0 Å². The van der Waals surface area contributed by atoms with Gasteiger partial charge in [-0.05, 0) is 50.1 Å². The van der Waals surface area contributed by atoms with Gasteiger partial charge < -0.3 is 14.4 Å². The Morgan fingerprint density at radius 1 is 1.22 bits per heavy atom. The predicted molar refractivity (Wildman–Crippen MR) is 94.3 cm³/mol. The van der Waals surface area contributed by atoms with E-state index in [-0.39, 0.29) is 16.7 Å². The molecule has 0 aliphatic rings. The molecule has 1 heterocycles. The maximum atomic E-state index is 13.9. The van der Waals surface area contributed by atoms with Gasteiger partial charge >= 0.3 is 11.9 Å². The van der Waals surface area contributed by atoms with Gasteiger partial charge in [0.25, 0.3) is 5.56 Å². The van der Waals surface area contributed by atoms with E-state index in [0.717, 1.165) is 16.7 Å². The minimum absolute atomic E-state index is 0.153. The number of rotatable bonds is 5. The van der Waals surface area contributed by atoms with Gasteiger partial charge in [-0.2, -0.15) is 0 Å². The molecular weight excluding hydrogens is 357 g/mol. The number of nitrogens with zero attached hydrogens (tertiary/aromatic N) is 1. The zero-order chi connectivity index (χ0) is 20.4. The van der Waals surface area contributed by atoms with Crippen molar-refractivity contribution in [2.45, 2.75) is 32.9 Å². The number of benzene rings is 1. The van der Waals surface area contributed by atoms with Crippen molar-refractivity contribution in [2.75, 3.05) is 0 Å². The number of carboxylic acids is 1. The Morgan fingerprint density at radius 3 is 2.41 bits per heavy atom. The van der Waals surface area contributed by atoms with Crippen molar-refractivity contribution in [3.8, 4) is 11.1 Å². The zero-order valence-electron chi connectivity index (χ0n) is 15.0. The Labute approximate surface area is 154 Å². The lowest BCUT2D eigenvalue weighted by Gasteiger charge is -2.20. The van der Waals surface area contributed by atoms with E-state index in [4.69, 9.17) is 4.74 Å². The van der Waals surface area contributed by atoms with Gasteiger partial charge in [0, 0.05) is 6.20 Å². The van der Waals surface area contributed by atoms with Crippen LogP contribution in [-0.4, -0.2) is 33.5 Å². The minimum Gasteiger partial charge on any atom is -0.477 e. The number of carbonyl (C=O) groups excluding carboxylic acids is 2. The van der Waals surface area contributed by atoms with Crippen molar-refractivity contribution in [1.82, 2.24) is 4.57 Å². The van der Waals surface area contributed by atoms with Crippen LogP contribution < -0.4 is 5.56 Å². The molecule has 0 aliphatic carbocycles. The summed E-state index contributed by atoms with van der Waals surface area (Å²) in [5.41, 5.74) is -1.94. The van der Waals surface area contributed by atoms with Crippen LogP contribution in [0.3, 0.4) is 0 Å². The van der Waals surface area contributed by atoms with Crippen LogP contribution in [0.4, 0.5) is 4.39 Å². The summed E-state index contributed by atoms with van der Waals surface area (Å²) in [7, 11) is 0. The first kappa shape index (κ1) is 20.0. The van der Waals surface area contributed by atoms with Crippen LogP contribution in [0, 0.1) is 5.82 Å². The number of aromatic nitrogens is 1. The fourth-order valence-electron chi connectivity index (χ4n) is 2.38. The lowest BCUT2D eigenvalue weighted by atomic mass is 10.0. The molecule has 1 aromatic carbocycles. The Bertz CT molecular complexity index is 971. The lowest BCUT2D eigenvalue weighted by Crippen LogP contribution is -2.32. The van der Waals surface area contributed by atoms with E-state index in [1.165, 1.54) is 18.3 Å². The topological polar surface area (TPSA) is 103 Å². The Kier molecular flexibility index (Phi) is 5.58. The molecule has 0 aliphatic heterocycles. The normalized spacial score (nSPS) is 11.1. The van der Waals surface area contributed by atoms with Crippen molar-refractivity contribution >= 4 is 18.2 Å². The number of hydrogen-bond acceptors (Lipinski definition) is 5. The average Bonchev–Trinajstić information content (AvgIpc) is 2.54. The third-order valence-electron chi connectivity index (χ3n) is 3.50. The molecule has 0 fully saturated rings. The highest BCUT2D eigenvalue weighted by molar-refractivity contribution is 5.89. The average molecular weight is 375 g/mol. The van der Waals surface area contributed by atoms with E-state index in [2.05, 4.69) is 0 Å². The number of carboxylic acid groups (broad SMARTS) is 1. The van der Waals surface area contributed by atoms with Crippen molar-refractivity contribution in [3.63, 3.8) is 0 Å². The number of aromatic carboxylic acids is 1. The first-order chi connectivity index (χ1) is 12.5. The van der Waals surface area contributed by atoms with E-state index in [1.807, 2.05) is 0 Å². The van der Waals surface area contributed by atoms with Crippen LogP contribution in [0.15, 0.2) is 35.3 Å². The summed E-state index contributed by atoms with van der Waals surface area (Å²) in [5, 5.41) is 9.27. The first-order valence-electron chi connectivity index (χ1n) is 7.96. The van der Waals surface area contributed by atoms with Crippen LogP contribution in [0.25, 0.3) is 11.1 Å². The summed E-state index contributed by atoms with van der Waals surface area (Å²) < 4.78 is 19.9. The van der Waals surface area contributed by atoms with Gasteiger partial charge in [0.2, 0.25) is 0 Å². The van der Waals surface area contributed by atoms with Crippen molar-refractivity contribution in [2.24, 2.45) is 0 Å². The van der Waals surface area contributed by atoms with Crippen molar-refractivity contribution in [1.29, 1.82) is 0 Å². The summed E-state index contributed by atoms with van der Waals surface area (Å²) in [4.78, 5) is 46.5. The first-order valence-corrected chi connectivity index (χ1v) is 7.96. The number of hydrogen-bond donors (Lipinski definition) is 1. The summed E-state index contributed by atoms with van der Waals surface area (Å²) in [6.07, 6.45) is 1.60. The van der Waals surface area contributed by atoms with Gasteiger partial charge in [0.1, 0.15) is 23.5 Å². The molecule has 0 spiro atoms. The monoisotopic (exact) mass is 375 g/mol. The predicted octanol–water partition coefficient (Wildman–Crippen LogP) is 2.51. The fourth-order valence-corrected chi connectivity index (χ4v) is 2.38. The Balaban J connectivity index is 2.54. The molecule has 27 heavy (non-hydrogen) atoms. The van der Waals surface area contributed by atoms with Gasteiger partial charge in [-0.1, -0.05) is 6.07 Å². The highest BCUT2D eigenvalue weighted by Crippen LogP contribution is 2.22. The molecule has 0 saturated heterocycles. The van der Waals surface area contributed by atoms with Crippen LogP contribution in [0.2, 0.25) is 0 Å². The van der Waals surface area contributed by atoms with E-state index in [0.29, 0.717) is 6.29 Å². The van der Waals surface area contributed by atoms with Gasteiger partial charge in [-0.15, -0.1) is 0 Å². The van der Waals surface area contributed by atoms with Crippen LogP contribution in [0.1, 0.15) is 41.5 Å². The molecule has 1 aromatic heterocycles. The third kappa shape index (κ3) is 4.87. The maximum Gasteiger partial charge on any atom is 0.341 e. The highest BCUT2D eigenvalue weighted by Gasteiger charge is 2.20. The van der Waals surface area contributed by atoms with Crippen LogP contribution in [-0.2, 0) is 16.1 Å². The molecule has 0 bridgehead atoms. The van der Waals surface area contributed by atoms with Crippen molar-refractivity contribution < 1.29 is 28.6 Å². The molecule has 0 unspecified atom stereocenters. The molecule has 2 aromatic rings. The lowest BCUT2D eigenvalue weighted by molar-refractivity contribution is -0.155. The molecular formula is C19H18FNO6.